The summed E-state index contributed by atoms with van der Waals surface area (Å²) in [7, 11) is -4.14. The number of aliphatic hydroxyl groups excluding tert-OH is 1. The van der Waals surface area contributed by atoms with Crippen LogP contribution in [0.15, 0.2) is 41.3 Å². The van der Waals surface area contributed by atoms with Gasteiger partial charge < -0.3 is 30.0 Å². The number of thiazole rings is 1. The number of aliphatic hydroxyl groups is 1. The topological polar surface area (TPSA) is 139 Å². The van der Waals surface area contributed by atoms with E-state index in [0.717, 1.165) is 31.2 Å². The van der Waals surface area contributed by atoms with Gasteiger partial charge >= 0.3 is 5.97 Å². The highest BCUT2D eigenvalue weighted by Gasteiger charge is 2.50. The van der Waals surface area contributed by atoms with E-state index in [1.165, 1.54) is 21.7 Å². The van der Waals surface area contributed by atoms with Crippen LogP contribution in [0, 0.1) is 34.8 Å². The molecule has 0 saturated carbocycles. The van der Waals surface area contributed by atoms with Crippen molar-refractivity contribution in [2.75, 3.05) is 38.2 Å². The second kappa shape index (κ2) is 17.3. The number of halogens is 2. The van der Waals surface area contributed by atoms with E-state index in [-0.39, 0.29) is 72.3 Å². The zero-order valence-electron chi connectivity index (χ0n) is 31.6. The molecule has 2 fully saturated rings. The van der Waals surface area contributed by atoms with Crippen LogP contribution in [0.5, 0.6) is 0 Å². The molecule has 3 aromatic rings. The van der Waals surface area contributed by atoms with Crippen molar-refractivity contribution in [3.8, 4) is 0 Å². The standard InChI is InChI=1S/C38H54F2N4O7S2/c1-22(2)18-44(53(47,48)28-8-9-29-33(17-28)52-37(43-29)42-23(3)4)19-31(45)25(12-24-13-26(39)16-27(40)14-24)15-34(46)51-32-21-50-36-35(32)30(20-49-36)41-11-10-38(5,6)7/h8-9,13-14,16-17,22-23,25,30-32,35-36,41,45H,10-12,15,18-21H2,1-7H3,(H,42,43)/t25-,30+,31-,32+,35+,36-/m1/s1. The monoisotopic (exact) mass is 780 g/mol. The van der Waals surface area contributed by atoms with Gasteiger partial charge in [0, 0.05) is 37.2 Å². The molecule has 11 nitrogen and oxygen atoms in total. The molecule has 0 aliphatic carbocycles. The minimum absolute atomic E-state index is 0.0426. The zero-order valence-corrected chi connectivity index (χ0v) is 33.2. The molecular weight excluding hydrogens is 727 g/mol. The maximum absolute atomic E-state index is 14.3. The average molecular weight is 781 g/mol. The maximum Gasteiger partial charge on any atom is 0.306 e. The highest BCUT2D eigenvalue weighted by atomic mass is 32.2. The van der Waals surface area contributed by atoms with Crippen LogP contribution in [0.1, 0.15) is 66.9 Å². The van der Waals surface area contributed by atoms with Crippen molar-refractivity contribution in [3.63, 3.8) is 0 Å². The van der Waals surface area contributed by atoms with Crippen molar-refractivity contribution in [1.29, 1.82) is 0 Å². The lowest BCUT2D eigenvalue weighted by atomic mass is 9.90. The van der Waals surface area contributed by atoms with Gasteiger partial charge in [0.15, 0.2) is 11.4 Å². The number of esters is 1. The number of benzene rings is 2. The summed E-state index contributed by atoms with van der Waals surface area (Å²) in [5.41, 5.74) is 1.01. The number of carbonyl (C=O) groups excluding carboxylic acids is 1. The van der Waals surface area contributed by atoms with Crippen LogP contribution in [-0.2, 0) is 35.4 Å². The third-order valence-corrected chi connectivity index (χ3v) is 12.2. The Kier molecular flexibility index (Phi) is 13.5. The molecule has 5 rings (SSSR count). The summed E-state index contributed by atoms with van der Waals surface area (Å²) in [6.45, 7) is 15.2. The van der Waals surface area contributed by atoms with Gasteiger partial charge in [-0.1, -0.05) is 46.0 Å². The summed E-state index contributed by atoms with van der Waals surface area (Å²) < 4.78 is 76.4. The molecule has 2 saturated heterocycles. The van der Waals surface area contributed by atoms with Crippen LogP contribution in [0.25, 0.3) is 10.2 Å². The van der Waals surface area contributed by atoms with E-state index in [9.17, 15) is 27.1 Å². The smallest absolute Gasteiger partial charge is 0.306 e. The van der Waals surface area contributed by atoms with Gasteiger partial charge in [0.25, 0.3) is 0 Å². The Labute approximate surface area is 315 Å². The highest BCUT2D eigenvalue weighted by Crippen LogP contribution is 2.35. The normalized spacial score (nSPS) is 21.8. The number of hydrogen-bond acceptors (Lipinski definition) is 11. The van der Waals surface area contributed by atoms with Crippen LogP contribution < -0.4 is 10.6 Å². The van der Waals surface area contributed by atoms with E-state index in [1.807, 2.05) is 27.7 Å². The second-order valence-electron chi connectivity index (χ2n) is 16.2. The SMILES string of the molecule is CC(C)CN(C[C@@H](O)[C@@H](CC(=O)O[C@H]1CO[C@H]2OC[C@H](NCCC(C)(C)C)[C@H]21)Cc1cc(F)cc(F)c1)S(=O)(=O)c1ccc2nc(NC(C)C)sc2c1. The lowest BCUT2D eigenvalue weighted by molar-refractivity contribution is -0.153. The molecule has 3 N–H and O–H groups in total. The number of carbonyl (C=O) groups is 1. The quantitative estimate of drug-likeness (QED) is 0.141. The van der Waals surface area contributed by atoms with Gasteiger partial charge in [-0.05, 0) is 80.5 Å². The first-order valence-corrected chi connectivity index (χ1v) is 20.6. The summed E-state index contributed by atoms with van der Waals surface area (Å²) >= 11 is 1.35. The number of sulfonamides is 1. The largest absolute Gasteiger partial charge is 0.459 e. The van der Waals surface area contributed by atoms with Gasteiger partial charge in [-0.2, -0.15) is 4.31 Å². The number of aromatic nitrogens is 1. The Morgan fingerprint density at radius 3 is 2.43 bits per heavy atom. The molecule has 2 aliphatic rings. The number of rotatable bonds is 17. The van der Waals surface area contributed by atoms with Crippen LogP contribution in [-0.4, -0.2) is 92.2 Å². The molecule has 0 amide bonds. The molecule has 15 heteroatoms. The van der Waals surface area contributed by atoms with Gasteiger partial charge in [0.05, 0.1) is 46.8 Å². The van der Waals surface area contributed by atoms with E-state index in [2.05, 4.69) is 36.4 Å². The Balaban J connectivity index is 1.35. The van der Waals surface area contributed by atoms with Crippen molar-refractivity contribution in [2.24, 2.45) is 23.2 Å². The molecule has 0 bridgehead atoms. The second-order valence-corrected chi connectivity index (χ2v) is 19.2. The molecule has 2 aromatic carbocycles. The maximum atomic E-state index is 14.3. The summed E-state index contributed by atoms with van der Waals surface area (Å²) in [5.74, 6) is -3.53. The van der Waals surface area contributed by atoms with Crippen LogP contribution in [0.3, 0.4) is 0 Å². The molecular formula is C38H54F2N4O7S2. The van der Waals surface area contributed by atoms with Gasteiger partial charge in [0.1, 0.15) is 17.7 Å². The third-order valence-electron chi connectivity index (χ3n) is 9.40. The molecule has 2 aliphatic heterocycles. The van der Waals surface area contributed by atoms with Crippen molar-refractivity contribution in [3.05, 3.63) is 53.6 Å². The molecule has 53 heavy (non-hydrogen) atoms. The molecule has 294 valence electrons. The molecule has 3 heterocycles. The van der Waals surface area contributed by atoms with E-state index >= 15 is 0 Å². The lowest BCUT2D eigenvalue weighted by Gasteiger charge is -2.30. The number of nitrogens with one attached hydrogen (secondary N) is 2. The Morgan fingerprint density at radius 1 is 1.08 bits per heavy atom. The highest BCUT2D eigenvalue weighted by molar-refractivity contribution is 7.89. The minimum atomic E-state index is -4.14. The molecule has 0 spiro atoms. The predicted molar refractivity (Wildman–Crippen MR) is 201 cm³/mol. The van der Waals surface area contributed by atoms with Crippen molar-refractivity contribution >= 4 is 42.7 Å². The summed E-state index contributed by atoms with van der Waals surface area (Å²) in [6, 6.07) is 7.81. The van der Waals surface area contributed by atoms with Gasteiger partial charge in [-0.15, -0.1) is 0 Å². The van der Waals surface area contributed by atoms with Crippen molar-refractivity contribution < 1.29 is 41.3 Å². The van der Waals surface area contributed by atoms with Crippen molar-refractivity contribution in [1.82, 2.24) is 14.6 Å². The molecule has 6 atom stereocenters. The van der Waals surface area contributed by atoms with Gasteiger partial charge in [-0.25, -0.2) is 22.2 Å². The molecule has 0 radical (unpaired) electrons. The average Bonchev–Trinajstić information content (AvgIpc) is 3.74. The fourth-order valence-corrected chi connectivity index (χ4v) is 9.58. The first-order chi connectivity index (χ1) is 24.9. The van der Waals surface area contributed by atoms with Crippen LogP contribution in [0.4, 0.5) is 13.9 Å². The fraction of sp³-hybridized carbons (Fsp3) is 0.632. The zero-order chi connectivity index (χ0) is 38.7. The van der Waals surface area contributed by atoms with Gasteiger partial charge in [-0.3, -0.25) is 4.79 Å². The van der Waals surface area contributed by atoms with Crippen LogP contribution >= 0.6 is 11.3 Å². The Bertz CT molecular complexity index is 1800. The Morgan fingerprint density at radius 2 is 1.77 bits per heavy atom. The first-order valence-electron chi connectivity index (χ1n) is 18.3. The summed E-state index contributed by atoms with van der Waals surface area (Å²) in [5, 5.41) is 19.2. The third kappa shape index (κ3) is 11.1. The van der Waals surface area contributed by atoms with Crippen molar-refractivity contribution in [2.45, 2.75) is 103 Å². The lowest BCUT2D eigenvalue weighted by Crippen LogP contribution is -2.44. The first kappa shape index (κ1) is 41.4. The number of nitrogens with zero attached hydrogens (tertiary/aromatic N) is 2. The van der Waals surface area contributed by atoms with E-state index in [0.29, 0.717) is 22.0 Å². The summed E-state index contributed by atoms with van der Waals surface area (Å²) in [4.78, 5) is 18.2. The number of anilines is 1. The van der Waals surface area contributed by atoms with Gasteiger partial charge in [0.2, 0.25) is 10.0 Å². The predicted octanol–water partition coefficient (Wildman–Crippen LogP) is 5.96. The summed E-state index contributed by atoms with van der Waals surface area (Å²) in [6.07, 6.45) is -2.02. The molecule has 1 aromatic heterocycles. The van der Waals surface area contributed by atoms with Crippen LogP contribution in [0.2, 0.25) is 0 Å². The number of fused-ring (bicyclic) bond motifs is 2. The number of hydrogen-bond donors (Lipinski definition) is 3. The van der Waals surface area contributed by atoms with E-state index in [4.69, 9.17) is 14.2 Å². The Hall–Kier alpha value is -2.79. The minimum Gasteiger partial charge on any atom is -0.459 e. The fourth-order valence-electron chi connectivity index (χ4n) is 6.81. The van der Waals surface area contributed by atoms with E-state index < -0.39 is 52.0 Å². The van der Waals surface area contributed by atoms with E-state index in [1.54, 1.807) is 12.1 Å². The number of ether oxygens (including phenoxy) is 3. The molecule has 0 unspecified atom stereocenters.